The van der Waals surface area contributed by atoms with Crippen LogP contribution in [0.1, 0.15) is 17.5 Å². The molecule has 0 atom stereocenters. The van der Waals surface area contributed by atoms with E-state index < -0.39 is 5.91 Å². The number of hydrogen-bond acceptors (Lipinski definition) is 2. The molecule has 0 radical (unpaired) electrons. The molecule has 0 heterocycles. The molecule has 3 nitrogen and oxygen atoms in total. The Morgan fingerprint density at radius 1 is 1.47 bits per heavy atom. The van der Waals surface area contributed by atoms with Gasteiger partial charge in [-0.15, -0.1) is 0 Å². The molecule has 0 saturated carbocycles. The number of primary amides is 1. The Labute approximate surface area is 87.6 Å². The van der Waals surface area contributed by atoms with Crippen molar-refractivity contribution >= 4 is 12.0 Å². The molecule has 0 aromatic heterocycles. The molecule has 0 aliphatic heterocycles. The third kappa shape index (κ3) is 3.52. The van der Waals surface area contributed by atoms with Crippen molar-refractivity contribution in [3.8, 4) is 0 Å². The second-order valence-electron chi connectivity index (χ2n) is 3.12. The van der Waals surface area contributed by atoms with Crippen LogP contribution in [0.15, 0.2) is 24.3 Å². The van der Waals surface area contributed by atoms with Crippen LogP contribution < -0.4 is 11.5 Å². The smallest absolute Gasteiger partial charge is 0.221 e. The van der Waals surface area contributed by atoms with Crippen molar-refractivity contribution in [2.75, 3.05) is 0 Å². The Kier molecular flexibility index (Phi) is 4.00. The van der Waals surface area contributed by atoms with E-state index in [1.807, 2.05) is 0 Å². The van der Waals surface area contributed by atoms with Gasteiger partial charge < -0.3 is 11.5 Å². The van der Waals surface area contributed by atoms with Gasteiger partial charge in [-0.1, -0.05) is 18.2 Å². The van der Waals surface area contributed by atoms with Crippen LogP contribution in [0.25, 0.3) is 6.08 Å². The number of amides is 1. The van der Waals surface area contributed by atoms with E-state index in [2.05, 4.69) is 0 Å². The molecule has 0 aliphatic rings. The second-order valence-corrected chi connectivity index (χ2v) is 3.12. The predicted molar refractivity (Wildman–Crippen MR) is 57.1 cm³/mol. The molecule has 1 amide bonds. The van der Waals surface area contributed by atoms with Crippen LogP contribution in [0.2, 0.25) is 0 Å². The Hall–Kier alpha value is -1.68. The second kappa shape index (κ2) is 5.26. The molecular weight excluding hydrogens is 195 g/mol. The molecule has 0 fully saturated rings. The van der Waals surface area contributed by atoms with Gasteiger partial charge in [0.15, 0.2) is 0 Å². The van der Waals surface area contributed by atoms with Gasteiger partial charge >= 0.3 is 0 Å². The monoisotopic (exact) mass is 208 g/mol. The lowest BCUT2D eigenvalue weighted by Gasteiger charge is -2.02. The van der Waals surface area contributed by atoms with E-state index in [4.69, 9.17) is 11.5 Å². The van der Waals surface area contributed by atoms with Crippen molar-refractivity contribution in [3.05, 3.63) is 41.2 Å². The first-order chi connectivity index (χ1) is 7.13. The number of nitrogens with two attached hydrogens (primary N) is 2. The lowest BCUT2D eigenvalue weighted by atomic mass is 10.1. The quantitative estimate of drug-likeness (QED) is 0.779. The van der Waals surface area contributed by atoms with Crippen molar-refractivity contribution in [2.45, 2.75) is 13.0 Å². The normalized spacial score (nSPS) is 10.8. The summed E-state index contributed by atoms with van der Waals surface area (Å²) in [4.78, 5) is 10.5. The SMILES string of the molecule is NCc1cc(F)ccc1C=CCC(N)=O. The minimum Gasteiger partial charge on any atom is -0.369 e. The van der Waals surface area contributed by atoms with Crippen LogP contribution in [-0.2, 0) is 11.3 Å². The summed E-state index contributed by atoms with van der Waals surface area (Å²) in [5.41, 5.74) is 11.9. The Balaban J connectivity index is 2.84. The molecule has 4 N–H and O–H groups in total. The van der Waals surface area contributed by atoms with Gasteiger partial charge in [0.05, 0.1) is 0 Å². The molecule has 0 saturated heterocycles. The lowest BCUT2D eigenvalue weighted by molar-refractivity contribution is -0.117. The first-order valence-corrected chi connectivity index (χ1v) is 4.57. The molecule has 0 spiro atoms. The van der Waals surface area contributed by atoms with Crippen LogP contribution in [-0.4, -0.2) is 5.91 Å². The van der Waals surface area contributed by atoms with Crippen molar-refractivity contribution in [1.29, 1.82) is 0 Å². The Morgan fingerprint density at radius 2 is 2.20 bits per heavy atom. The van der Waals surface area contributed by atoms with Crippen molar-refractivity contribution in [2.24, 2.45) is 11.5 Å². The fourth-order valence-electron chi connectivity index (χ4n) is 1.22. The summed E-state index contributed by atoms with van der Waals surface area (Å²) in [7, 11) is 0. The fourth-order valence-corrected chi connectivity index (χ4v) is 1.22. The molecule has 0 bridgehead atoms. The summed E-state index contributed by atoms with van der Waals surface area (Å²) in [6, 6.07) is 4.35. The maximum atomic E-state index is 12.8. The van der Waals surface area contributed by atoms with E-state index in [1.165, 1.54) is 12.1 Å². The predicted octanol–water partition coefficient (Wildman–Crippen LogP) is 1.17. The van der Waals surface area contributed by atoms with Gasteiger partial charge in [-0.2, -0.15) is 0 Å². The average Bonchev–Trinajstić information content (AvgIpc) is 2.19. The van der Waals surface area contributed by atoms with Crippen LogP contribution in [0.5, 0.6) is 0 Å². The van der Waals surface area contributed by atoms with Gasteiger partial charge in [0.25, 0.3) is 0 Å². The van der Waals surface area contributed by atoms with Gasteiger partial charge in [-0.25, -0.2) is 4.39 Å². The van der Waals surface area contributed by atoms with Gasteiger partial charge in [0, 0.05) is 13.0 Å². The fraction of sp³-hybridized carbons (Fsp3) is 0.182. The van der Waals surface area contributed by atoms with Gasteiger partial charge in [-0.05, 0) is 23.3 Å². The first kappa shape index (κ1) is 11.4. The number of benzene rings is 1. The third-order valence-electron chi connectivity index (χ3n) is 1.94. The van der Waals surface area contributed by atoms with E-state index in [9.17, 15) is 9.18 Å². The average molecular weight is 208 g/mol. The zero-order valence-corrected chi connectivity index (χ0v) is 8.24. The summed E-state index contributed by atoms with van der Waals surface area (Å²) in [6.07, 6.45) is 3.52. The van der Waals surface area contributed by atoms with Crippen molar-refractivity contribution in [1.82, 2.24) is 0 Å². The van der Waals surface area contributed by atoms with Gasteiger partial charge in [0.2, 0.25) is 5.91 Å². The number of rotatable bonds is 4. The highest BCUT2D eigenvalue weighted by atomic mass is 19.1. The molecule has 0 aliphatic carbocycles. The summed E-state index contributed by atoms with van der Waals surface area (Å²) in [6.45, 7) is 0.258. The van der Waals surface area contributed by atoms with Crippen LogP contribution in [0.3, 0.4) is 0 Å². The standard InChI is InChI=1S/C11H13FN2O/c12-10-5-4-8(9(6-10)7-13)2-1-3-11(14)15/h1-2,4-6H,3,7,13H2,(H2,14,15). The van der Waals surface area contributed by atoms with E-state index in [1.54, 1.807) is 18.2 Å². The molecule has 1 rings (SSSR count). The number of carbonyl (C=O) groups excluding carboxylic acids is 1. The molecule has 1 aromatic carbocycles. The zero-order valence-electron chi connectivity index (χ0n) is 8.24. The van der Waals surface area contributed by atoms with Crippen LogP contribution in [0, 0.1) is 5.82 Å². The molecule has 1 aromatic rings. The van der Waals surface area contributed by atoms with Crippen LogP contribution >= 0.6 is 0 Å². The summed E-state index contributed by atoms with van der Waals surface area (Å²) in [5, 5.41) is 0. The van der Waals surface area contributed by atoms with E-state index >= 15 is 0 Å². The Bertz CT molecular complexity index is 388. The number of hydrogen-bond donors (Lipinski definition) is 2. The highest BCUT2D eigenvalue weighted by molar-refractivity contribution is 5.76. The van der Waals surface area contributed by atoms with E-state index in [-0.39, 0.29) is 18.8 Å². The molecule has 0 unspecified atom stereocenters. The third-order valence-corrected chi connectivity index (χ3v) is 1.94. The van der Waals surface area contributed by atoms with Crippen LogP contribution in [0.4, 0.5) is 4.39 Å². The zero-order chi connectivity index (χ0) is 11.3. The molecular formula is C11H13FN2O. The molecule has 4 heteroatoms. The Morgan fingerprint density at radius 3 is 2.80 bits per heavy atom. The maximum absolute atomic E-state index is 12.8. The largest absolute Gasteiger partial charge is 0.369 e. The molecule has 15 heavy (non-hydrogen) atoms. The van der Waals surface area contributed by atoms with Gasteiger partial charge in [0.1, 0.15) is 5.82 Å². The summed E-state index contributed by atoms with van der Waals surface area (Å²) < 4.78 is 12.8. The van der Waals surface area contributed by atoms with Crippen molar-refractivity contribution in [3.63, 3.8) is 0 Å². The highest BCUT2D eigenvalue weighted by Gasteiger charge is 1.99. The summed E-state index contributed by atoms with van der Waals surface area (Å²) >= 11 is 0. The van der Waals surface area contributed by atoms with E-state index in [0.717, 1.165) is 5.56 Å². The van der Waals surface area contributed by atoms with Gasteiger partial charge in [-0.3, -0.25) is 4.79 Å². The minimum atomic E-state index is -0.400. The lowest BCUT2D eigenvalue weighted by Crippen LogP contribution is -2.08. The molecule has 80 valence electrons. The maximum Gasteiger partial charge on any atom is 0.221 e. The minimum absolute atomic E-state index is 0.168. The number of halogens is 1. The summed E-state index contributed by atoms with van der Waals surface area (Å²) in [5.74, 6) is -0.717. The number of carbonyl (C=O) groups is 1. The van der Waals surface area contributed by atoms with E-state index in [0.29, 0.717) is 5.56 Å². The topological polar surface area (TPSA) is 69.1 Å². The first-order valence-electron chi connectivity index (χ1n) is 4.57. The highest BCUT2D eigenvalue weighted by Crippen LogP contribution is 2.12. The van der Waals surface area contributed by atoms with Crippen molar-refractivity contribution < 1.29 is 9.18 Å².